The molecule has 0 aromatic heterocycles. The Balaban J connectivity index is 2.09. The molecule has 1 N–H and O–H groups in total. The summed E-state index contributed by atoms with van der Waals surface area (Å²) in [6, 6.07) is 1.67. The molecule has 1 nitrogen and oxygen atoms in total. The fourth-order valence-corrected chi connectivity index (χ4v) is 0.754. The molecule has 0 spiro atoms. The summed E-state index contributed by atoms with van der Waals surface area (Å²) in [4.78, 5) is 0. The first kappa shape index (κ1) is 4.13. The van der Waals surface area contributed by atoms with Gasteiger partial charge < -0.3 is 5.32 Å². The van der Waals surface area contributed by atoms with Crippen molar-refractivity contribution in [3.63, 3.8) is 0 Å². The fraction of sp³-hybridized carbons (Fsp3) is 1.00. The molecule has 0 bridgehead atoms. The number of hydrogen-bond donors (Lipinski definition) is 1. The quantitative estimate of drug-likeness (QED) is 0.466. The minimum atomic E-state index is 0.815. The topological polar surface area (TPSA) is 21.9 Å². The molecule has 2 unspecified atom stereocenters. The Kier molecular flexibility index (Phi) is 0.845. The van der Waals surface area contributed by atoms with Gasteiger partial charge >= 0.3 is 0 Å². The van der Waals surface area contributed by atoms with Crippen molar-refractivity contribution in [3.8, 4) is 0 Å². The lowest BCUT2D eigenvalue weighted by molar-refractivity contribution is 0.871. The summed E-state index contributed by atoms with van der Waals surface area (Å²) in [5.41, 5.74) is 0. The maximum atomic E-state index is 3.28. The molecule has 1 heteroatoms. The van der Waals surface area contributed by atoms with Gasteiger partial charge in [0.2, 0.25) is 0 Å². The van der Waals surface area contributed by atoms with Crippen molar-refractivity contribution in [1.82, 2.24) is 5.32 Å². The van der Waals surface area contributed by atoms with Crippen LogP contribution in [-0.2, 0) is 0 Å². The van der Waals surface area contributed by atoms with E-state index in [0.717, 1.165) is 12.1 Å². The van der Waals surface area contributed by atoms with E-state index in [9.17, 15) is 0 Å². The standard InChI is InChI=1S/C5H11N/c1-3-5-4(2)6-5/h4-6H,3H2,1-2H3. The Hall–Kier alpha value is -0.0400. The molecule has 0 saturated carbocycles. The van der Waals surface area contributed by atoms with Gasteiger partial charge in [0, 0.05) is 12.1 Å². The van der Waals surface area contributed by atoms with E-state index < -0.39 is 0 Å². The number of nitrogens with one attached hydrogen (secondary N) is 1. The Morgan fingerprint density at radius 3 is 2.17 bits per heavy atom. The van der Waals surface area contributed by atoms with E-state index in [1.165, 1.54) is 6.42 Å². The third kappa shape index (κ3) is 0.548. The highest BCUT2D eigenvalue weighted by atomic mass is 15.1. The highest BCUT2D eigenvalue weighted by Gasteiger charge is 2.28. The molecule has 6 heavy (non-hydrogen) atoms. The van der Waals surface area contributed by atoms with Crippen LogP contribution < -0.4 is 5.32 Å². The van der Waals surface area contributed by atoms with Gasteiger partial charge in [-0.15, -0.1) is 0 Å². The Labute approximate surface area is 38.7 Å². The maximum Gasteiger partial charge on any atom is 0.0219 e. The molecule has 1 aliphatic rings. The van der Waals surface area contributed by atoms with Gasteiger partial charge in [0.25, 0.3) is 0 Å². The van der Waals surface area contributed by atoms with Gasteiger partial charge in [-0.25, -0.2) is 0 Å². The summed E-state index contributed by atoms with van der Waals surface area (Å²) in [5.74, 6) is 0. The van der Waals surface area contributed by atoms with Crippen LogP contribution in [0.5, 0.6) is 0 Å². The molecule has 36 valence electrons. The van der Waals surface area contributed by atoms with Gasteiger partial charge in [-0.2, -0.15) is 0 Å². The molecule has 1 saturated heterocycles. The summed E-state index contributed by atoms with van der Waals surface area (Å²) in [7, 11) is 0. The van der Waals surface area contributed by atoms with Crippen LogP contribution >= 0.6 is 0 Å². The van der Waals surface area contributed by atoms with Crippen molar-refractivity contribution in [1.29, 1.82) is 0 Å². The Morgan fingerprint density at radius 1 is 1.67 bits per heavy atom. The zero-order valence-electron chi connectivity index (χ0n) is 4.36. The molecular weight excluding hydrogens is 74.1 g/mol. The second-order valence-electron chi connectivity index (χ2n) is 1.97. The SMILES string of the molecule is CCC1NC1C. The van der Waals surface area contributed by atoms with Crippen molar-refractivity contribution in [2.24, 2.45) is 0 Å². The third-order valence-electron chi connectivity index (χ3n) is 1.41. The fourth-order valence-electron chi connectivity index (χ4n) is 0.754. The lowest BCUT2D eigenvalue weighted by Gasteiger charge is -1.75. The van der Waals surface area contributed by atoms with Crippen molar-refractivity contribution in [3.05, 3.63) is 0 Å². The lowest BCUT2D eigenvalue weighted by Crippen LogP contribution is -1.83. The minimum absolute atomic E-state index is 0.815. The van der Waals surface area contributed by atoms with E-state index in [0.29, 0.717) is 0 Å². The summed E-state index contributed by atoms with van der Waals surface area (Å²) < 4.78 is 0. The molecule has 1 fully saturated rings. The van der Waals surface area contributed by atoms with Crippen molar-refractivity contribution >= 4 is 0 Å². The smallest absolute Gasteiger partial charge is 0.0219 e. The van der Waals surface area contributed by atoms with Crippen LogP contribution in [0.15, 0.2) is 0 Å². The highest BCUT2D eigenvalue weighted by molar-refractivity contribution is 4.92. The summed E-state index contributed by atoms with van der Waals surface area (Å²) in [6.07, 6.45) is 1.29. The van der Waals surface area contributed by atoms with E-state index in [4.69, 9.17) is 0 Å². The monoisotopic (exact) mass is 85.1 g/mol. The molecule has 0 amide bonds. The van der Waals surface area contributed by atoms with Crippen molar-refractivity contribution in [2.45, 2.75) is 32.4 Å². The molecule has 0 aromatic rings. The van der Waals surface area contributed by atoms with E-state index in [2.05, 4.69) is 19.2 Å². The summed E-state index contributed by atoms with van der Waals surface area (Å²) in [6.45, 7) is 4.43. The van der Waals surface area contributed by atoms with Crippen molar-refractivity contribution < 1.29 is 0 Å². The zero-order valence-corrected chi connectivity index (χ0v) is 4.36. The van der Waals surface area contributed by atoms with Crippen LogP contribution in [-0.4, -0.2) is 12.1 Å². The van der Waals surface area contributed by atoms with Gasteiger partial charge in [0.15, 0.2) is 0 Å². The molecule has 0 radical (unpaired) electrons. The average molecular weight is 85.1 g/mol. The van der Waals surface area contributed by atoms with Crippen LogP contribution in [0.3, 0.4) is 0 Å². The van der Waals surface area contributed by atoms with Crippen LogP contribution in [0.2, 0.25) is 0 Å². The van der Waals surface area contributed by atoms with Crippen LogP contribution in [0, 0.1) is 0 Å². The molecule has 0 aliphatic carbocycles. The van der Waals surface area contributed by atoms with Gasteiger partial charge in [-0.05, 0) is 13.3 Å². The van der Waals surface area contributed by atoms with E-state index in [1.54, 1.807) is 0 Å². The molecule has 0 aromatic carbocycles. The first-order valence-corrected chi connectivity index (χ1v) is 2.60. The predicted molar refractivity (Wildman–Crippen MR) is 26.7 cm³/mol. The van der Waals surface area contributed by atoms with Gasteiger partial charge in [-0.3, -0.25) is 0 Å². The molecule has 1 rings (SSSR count). The summed E-state index contributed by atoms with van der Waals surface area (Å²) >= 11 is 0. The third-order valence-corrected chi connectivity index (χ3v) is 1.41. The molecule has 1 aliphatic heterocycles. The van der Waals surface area contributed by atoms with E-state index in [-0.39, 0.29) is 0 Å². The van der Waals surface area contributed by atoms with Crippen molar-refractivity contribution in [2.75, 3.05) is 0 Å². The largest absolute Gasteiger partial charge is 0.308 e. The van der Waals surface area contributed by atoms with E-state index in [1.807, 2.05) is 0 Å². The van der Waals surface area contributed by atoms with Gasteiger partial charge in [0.05, 0.1) is 0 Å². The average Bonchev–Trinajstić information content (AvgIpc) is 2.19. The number of hydrogen-bond acceptors (Lipinski definition) is 1. The maximum absolute atomic E-state index is 3.28. The molecular formula is C5H11N. The normalized spacial score (nSPS) is 43.0. The minimum Gasteiger partial charge on any atom is -0.308 e. The highest BCUT2D eigenvalue weighted by Crippen LogP contribution is 2.11. The molecule has 2 atom stereocenters. The van der Waals surface area contributed by atoms with Crippen LogP contribution in [0.1, 0.15) is 20.3 Å². The van der Waals surface area contributed by atoms with Crippen LogP contribution in [0.25, 0.3) is 0 Å². The van der Waals surface area contributed by atoms with Gasteiger partial charge in [-0.1, -0.05) is 6.92 Å². The summed E-state index contributed by atoms with van der Waals surface area (Å²) in [5, 5.41) is 3.28. The second kappa shape index (κ2) is 1.23. The lowest BCUT2D eigenvalue weighted by atomic mass is 10.3. The predicted octanol–water partition coefficient (Wildman–Crippen LogP) is 0.757. The zero-order chi connectivity index (χ0) is 4.57. The van der Waals surface area contributed by atoms with Crippen LogP contribution in [0.4, 0.5) is 0 Å². The number of rotatable bonds is 1. The first-order valence-electron chi connectivity index (χ1n) is 2.60. The van der Waals surface area contributed by atoms with E-state index >= 15 is 0 Å². The first-order chi connectivity index (χ1) is 2.84. The van der Waals surface area contributed by atoms with Gasteiger partial charge in [0.1, 0.15) is 0 Å². The Bertz CT molecular complexity index is 49.9. The molecule has 1 heterocycles. The Morgan fingerprint density at radius 2 is 2.17 bits per heavy atom. The second-order valence-corrected chi connectivity index (χ2v) is 1.97.